The van der Waals surface area contributed by atoms with Crippen LogP contribution in [0.2, 0.25) is 0 Å². The number of rotatable bonds is 7. The van der Waals surface area contributed by atoms with Gasteiger partial charge in [0.2, 0.25) is 11.8 Å². The van der Waals surface area contributed by atoms with Crippen LogP contribution < -0.4 is 16.0 Å². The van der Waals surface area contributed by atoms with Gasteiger partial charge in [-0.1, -0.05) is 25.5 Å². The van der Waals surface area contributed by atoms with Crippen LogP contribution in [0.4, 0.5) is 0 Å². The lowest BCUT2D eigenvalue weighted by Crippen LogP contribution is -2.33. The van der Waals surface area contributed by atoms with Gasteiger partial charge in [0.1, 0.15) is 11.3 Å². The molecule has 1 aromatic heterocycles. The Hall–Kier alpha value is -3.36. The maximum absolute atomic E-state index is 12.5. The number of carbonyl (C=O) groups is 1. The first-order valence-corrected chi connectivity index (χ1v) is 10.0. The average Bonchev–Trinajstić information content (AvgIpc) is 3.14. The zero-order valence-electron chi connectivity index (χ0n) is 17.3. The van der Waals surface area contributed by atoms with Crippen LogP contribution in [0.15, 0.2) is 39.0 Å². The molecule has 1 amide bonds. The number of benzene rings is 1. The van der Waals surface area contributed by atoms with Gasteiger partial charge in [-0.15, -0.1) is 0 Å². The molecule has 0 spiro atoms. The molecule has 1 aliphatic rings. The summed E-state index contributed by atoms with van der Waals surface area (Å²) in [5.41, 5.74) is -0.388. The maximum Gasteiger partial charge on any atom is 0.331 e. The minimum Gasteiger partial charge on any atom is -0.494 e. The van der Waals surface area contributed by atoms with Gasteiger partial charge < -0.3 is 9.84 Å². The molecular weight excluding hydrogens is 388 g/mol. The van der Waals surface area contributed by atoms with Crippen molar-refractivity contribution in [3.05, 3.63) is 56.2 Å². The van der Waals surface area contributed by atoms with E-state index in [4.69, 9.17) is 4.74 Å². The van der Waals surface area contributed by atoms with Gasteiger partial charge in [0, 0.05) is 19.9 Å². The van der Waals surface area contributed by atoms with Crippen LogP contribution in [-0.2, 0) is 11.3 Å². The van der Waals surface area contributed by atoms with Gasteiger partial charge in [0.05, 0.1) is 18.4 Å². The number of H-pyrrole nitrogens is 1. The van der Waals surface area contributed by atoms with Crippen molar-refractivity contribution < 1.29 is 14.6 Å². The summed E-state index contributed by atoms with van der Waals surface area (Å²) >= 11 is 0. The fourth-order valence-electron chi connectivity index (χ4n) is 3.51. The number of hydrazone groups is 1. The summed E-state index contributed by atoms with van der Waals surface area (Å²) in [7, 11) is 0. The van der Waals surface area contributed by atoms with Crippen LogP contribution in [0.5, 0.6) is 11.6 Å². The zero-order chi connectivity index (χ0) is 21.8. The highest BCUT2D eigenvalue weighted by Gasteiger charge is 2.34. The predicted octanol–water partition coefficient (Wildman–Crippen LogP) is 2.14. The van der Waals surface area contributed by atoms with E-state index in [1.165, 1.54) is 11.9 Å². The lowest BCUT2D eigenvalue weighted by Gasteiger charge is -2.20. The number of unbranched alkanes of at least 4 members (excludes halogenated alkanes) is 1. The molecule has 1 aromatic carbocycles. The van der Waals surface area contributed by atoms with Gasteiger partial charge in [-0.05, 0) is 31.0 Å². The highest BCUT2D eigenvalue weighted by Crippen LogP contribution is 2.34. The Morgan fingerprint density at radius 2 is 1.97 bits per heavy atom. The highest BCUT2D eigenvalue weighted by molar-refractivity contribution is 6.04. The quantitative estimate of drug-likeness (QED) is 0.720. The smallest absolute Gasteiger partial charge is 0.331 e. The Balaban J connectivity index is 2.00. The van der Waals surface area contributed by atoms with Crippen LogP contribution in [0.3, 0.4) is 0 Å². The summed E-state index contributed by atoms with van der Waals surface area (Å²) < 4.78 is 6.59. The van der Waals surface area contributed by atoms with Crippen molar-refractivity contribution >= 4 is 11.6 Å². The van der Waals surface area contributed by atoms with Crippen molar-refractivity contribution in [2.24, 2.45) is 5.10 Å². The van der Waals surface area contributed by atoms with Crippen molar-refractivity contribution in [2.75, 3.05) is 6.61 Å². The molecule has 0 saturated heterocycles. The van der Waals surface area contributed by atoms with Crippen LogP contribution in [-0.4, -0.2) is 37.9 Å². The van der Waals surface area contributed by atoms with E-state index in [0.29, 0.717) is 18.8 Å². The fourth-order valence-corrected chi connectivity index (χ4v) is 3.51. The highest BCUT2D eigenvalue weighted by atomic mass is 16.5. The van der Waals surface area contributed by atoms with E-state index in [0.717, 1.165) is 16.6 Å². The standard InChI is InChI=1S/C21H26N4O5/c1-4-6-11-24-20(28)18(19(27)22-21(24)29)16-12-17(25(23-16)13(3)26)14-7-9-15(10-8-14)30-5-2/h7-10,17,28H,4-6,11-12H2,1-3H3,(H,22,27,29)/t17-/m0/s1. The second-order valence-corrected chi connectivity index (χ2v) is 7.10. The number of ether oxygens (including phenoxy) is 1. The summed E-state index contributed by atoms with van der Waals surface area (Å²) in [6, 6.07) is 6.88. The molecule has 1 atom stereocenters. The predicted molar refractivity (Wildman–Crippen MR) is 112 cm³/mol. The van der Waals surface area contributed by atoms with Gasteiger partial charge in [0.25, 0.3) is 5.56 Å². The van der Waals surface area contributed by atoms with Crippen LogP contribution >= 0.6 is 0 Å². The molecule has 30 heavy (non-hydrogen) atoms. The summed E-state index contributed by atoms with van der Waals surface area (Å²) in [4.78, 5) is 39.0. The third kappa shape index (κ3) is 4.14. The second-order valence-electron chi connectivity index (χ2n) is 7.10. The summed E-state index contributed by atoms with van der Waals surface area (Å²) in [5, 5.41) is 16.3. The number of carbonyl (C=O) groups excluding carboxylic acids is 1. The largest absolute Gasteiger partial charge is 0.494 e. The Morgan fingerprint density at radius 3 is 2.57 bits per heavy atom. The first-order valence-electron chi connectivity index (χ1n) is 10.0. The molecule has 0 bridgehead atoms. The molecule has 9 heteroatoms. The number of nitrogens with one attached hydrogen (secondary N) is 1. The van der Waals surface area contributed by atoms with Crippen molar-refractivity contribution in [1.29, 1.82) is 0 Å². The van der Waals surface area contributed by atoms with Gasteiger partial charge in [-0.3, -0.25) is 19.1 Å². The minimum atomic E-state index is -0.722. The van der Waals surface area contributed by atoms with Crippen molar-refractivity contribution in [3.8, 4) is 11.6 Å². The van der Waals surface area contributed by atoms with Crippen LogP contribution in [0, 0.1) is 0 Å². The topological polar surface area (TPSA) is 117 Å². The van der Waals surface area contributed by atoms with Gasteiger partial charge in [0.15, 0.2) is 0 Å². The molecule has 0 aliphatic carbocycles. The first kappa shape index (κ1) is 21.4. The maximum atomic E-state index is 12.5. The summed E-state index contributed by atoms with van der Waals surface area (Å²) in [6.45, 7) is 6.07. The average molecular weight is 414 g/mol. The third-order valence-electron chi connectivity index (χ3n) is 5.00. The third-order valence-corrected chi connectivity index (χ3v) is 5.00. The van der Waals surface area contributed by atoms with E-state index in [1.807, 2.05) is 38.1 Å². The molecule has 2 N–H and O–H groups in total. The minimum absolute atomic E-state index is 0.0783. The van der Waals surface area contributed by atoms with Crippen molar-refractivity contribution in [3.63, 3.8) is 0 Å². The van der Waals surface area contributed by atoms with Gasteiger partial charge in [-0.25, -0.2) is 9.80 Å². The number of amides is 1. The molecular formula is C21H26N4O5. The molecule has 0 fully saturated rings. The Labute approximate surface area is 173 Å². The normalized spacial score (nSPS) is 15.9. The number of aromatic hydroxyl groups is 1. The van der Waals surface area contributed by atoms with Crippen molar-refractivity contribution in [2.45, 2.75) is 52.6 Å². The van der Waals surface area contributed by atoms with E-state index >= 15 is 0 Å². The van der Waals surface area contributed by atoms with E-state index in [1.54, 1.807) is 0 Å². The molecule has 3 rings (SSSR count). The molecule has 0 unspecified atom stereocenters. The molecule has 1 aliphatic heterocycles. The molecule has 0 radical (unpaired) electrons. The number of hydrogen-bond acceptors (Lipinski definition) is 6. The van der Waals surface area contributed by atoms with Crippen LogP contribution in [0.1, 0.15) is 57.2 Å². The molecule has 9 nitrogen and oxygen atoms in total. The van der Waals surface area contributed by atoms with E-state index < -0.39 is 23.2 Å². The number of hydrogen-bond donors (Lipinski definition) is 2. The zero-order valence-corrected chi connectivity index (χ0v) is 17.3. The monoisotopic (exact) mass is 414 g/mol. The lowest BCUT2D eigenvalue weighted by atomic mass is 9.99. The fraction of sp³-hybridized carbons (Fsp3) is 0.429. The van der Waals surface area contributed by atoms with Gasteiger partial charge >= 0.3 is 5.69 Å². The van der Waals surface area contributed by atoms with Gasteiger partial charge in [-0.2, -0.15) is 5.10 Å². The number of aromatic nitrogens is 2. The summed E-state index contributed by atoms with van der Waals surface area (Å²) in [6.07, 6.45) is 1.72. The second kappa shape index (κ2) is 8.98. The lowest BCUT2D eigenvalue weighted by molar-refractivity contribution is -0.130. The molecule has 160 valence electrons. The van der Waals surface area contributed by atoms with E-state index in [-0.39, 0.29) is 30.1 Å². The van der Waals surface area contributed by atoms with E-state index in [2.05, 4.69) is 10.1 Å². The Kier molecular flexibility index (Phi) is 6.39. The summed E-state index contributed by atoms with van der Waals surface area (Å²) in [5.74, 6) is -0.00208. The molecule has 2 aromatic rings. The van der Waals surface area contributed by atoms with Crippen molar-refractivity contribution in [1.82, 2.24) is 14.6 Å². The number of nitrogens with zero attached hydrogens (tertiary/aromatic N) is 3. The Morgan fingerprint density at radius 1 is 1.27 bits per heavy atom. The molecule has 0 saturated carbocycles. The Bertz CT molecular complexity index is 1070. The van der Waals surface area contributed by atoms with E-state index in [9.17, 15) is 19.5 Å². The SMILES string of the molecule is CCCCn1c(O)c(C2=NN(C(C)=O)[C@H](c3ccc(OCC)cc3)C2)c(=O)[nH]c1=O. The number of aromatic amines is 1. The first-order chi connectivity index (χ1) is 14.4. The molecule has 2 heterocycles. The van der Waals surface area contributed by atoms with Crippen LogP contribution in [0.25, 0.3) is 0 Å².